The maximum Gasteiger partial charge on any atom is 0.141 e. The zero-order valence-electron chi connectivity index (χ0n) is 12.4. The summed E-state index contributed by atoms with van der Waals surface area (Å²) in [5.74, 6) is 0.256. The van der Waals surface area contributed by atoms with Gasteiger partial charge >= 0.3 is 0 Å². The van der Waals surface area contributed by atoms with E-state index in [0.29, 0.717) is 12.8 Å². The molecule has 0 unspecified atom stereocenters. The van der Waals surface area contributed by atoms with Crippen molar-refractivity contribution < 1.29 is 4.79 Å². The van der Waals surface area contributed by atoms with Crippen LogP contribution in [0.15, 0.2) is 48.5 Å². The molecule has 104 valence electrons. The highest BCUT2D eigenvalue weighted by Crippen LogP contribution is 2.13. The van der Waals surface area contributed by atoms with E-state index in [1.54, 1.807) is 0 Å². The van der Waals surface area contributed by atoms with Gasteiger partial charge in [0, 0.05) is 32.6 Å². The SMILES string of the molecule is Cc1ccc(CC(=O)Cc2ccc(N(C)C)cc2)cc1. The fourth-order valence-electron chi connectivity index (χ4n) is 2.14. The van der Waals surface area contributed by atoms with Crippen molar-refractivity contribution in [3.8, 4) is 0 Å². The Hall–Kier alpha value is -2.09. The first-order valence-corrected chi connectivity index (χ1v) is 6.88. The zero-order chi connectivity index (χ0) is 14.5. The van der Waals surface area contributed by atoms with Crippen molar-refractivity contribution in [1.29, 1.82) is 0 Å². The molecule has 2 nitrogen and oxygen atoms in total. The molecule has 0 spiro atoms. The number of Topliss-reactive ketones (excluding diaryl/α,β-unsaturated/α-hetero) is 1. The highest BCUT2D eigenvalue weighted by atomic mass is 16.1. The van der Waals surface area contributed by atoms with Crippen molar-refractivity contribution in [1.82, 2.24) is 0 Å². The monoisotopic (exact) mass is 267 g/mol. The molecule has 0 aliphatic heterocycles. The summed E-state index contributed by atoms with van der Waals surface area (Å²) in [5, 5.41) is 0. The van der Waals surface area contributed by atoms with Gasteiger partial charge in [-0.05, 0) is 30.2 Å². The quantitative estimate of drug-likeness (QED) is 0.827. The summed E-state index contributed by atoms with van der Waals surface area (Å²) >= 11 is 0. The number of carbonyl (C=O) groups excluding carboxylic acids is 1. The Morgan fingerprint density at radius 3 is 1.75 bits per heavy atom. The van der Waals surface area contributed by atoms with Crippen LogP contribution in [0.5, 0.6) is 0 Å². The van der Waals surface area contributed by atoms with Crippen molar-refractivity contribution >= 4 is 11.5 Å². The summed E-state index contributed by atoms with van der Waals surface area (Å²) in [5.41, 5.74) is 4.54. The van der Waals surface area contributed by atoms with Crippen molar-refractivity contribution in [3.63, 3.8) is 0 Å². The van der Waals surface area contributed by atoms with E-state index in [1.165, 1.54) is 5.56 Å². The van der Waals surface area contributed by atoms with E-state index >= 15 is 0 Å². The van der Waals surface area contributed by atoms with Gasteiger partial charge in [-0.15, -0.1) is 0 Å². The van der Waals surface area contributed by atoms with E-state index in [2.05, 4.69) is 36.1 Å². The van der Waals surface area contributed by atoms with E-state index in [-0.39, 0.29) is 5.78 Å². The first-order valence-electron chi connectivity index (χ1n) is 6.88. The normalized spacial score (nSPS) is 10.3. The molecule has 0 saturated carbocycles. The molecule has 2 aromatic rings. The van der Waals surface area contributed by atoms with Crippen molar-refractivity contribution in [2.24, 2.45) is 0 Å². The lowest BCUT2D eigenvalue weighted by molar-refractivity contribution is -0.117. The Morgan fingerprint density at radius 2 is 1.30 bits per heavy atom. The van der Waals surface area contributed by atoms with Gasteiger partial charge in [0.1, 0.15) is 5.78 Å². The Kier molecular flexibility index (Phi) is 4.57. The summed E-state index contributed by atoms with van der Waals surface area (Å²) in [6.45, 7) is 2.05. The van der Waals surface area contributed by atoms with Crippen LogP contribution in [-0.2, 0) is 17.6 Å². The Bertz CT molecular complexity index is 567. The predicted octanol–water partition coefficient (Wildman–Crippen LogP) is 3.42. The number of rotatable bonds is 5. The molecule has 0 bridgehead atoms. The lowest BCUT2D eigenvalue weighted by Gasteiger charge is -2.12. The minimum absolute atomic E-state index is 0.256. The third-order valence-electron chi connectivity index (χ3n) is 3.38. The van der Waals surface area contributed by atoms with Crippen LogP contribution in [0.25, 0.3) is 0 Å². The van der Waals surface area contributed by atoms with Crippen LogP contribution in [0.2, 0.25) is 0 Å². The Morgan fingerprint density at radius 1 is 0.850 bits per heavy atom. The highest BCUT2D eigenvalue weighted by Gasteiger charge is 2.05. The number of anilines is 1. The van der Waals surface area contributed by atoms with Gasteiger partial charge in [0.15, 0.2) is 0 Å². The molecule has 2 heteroatoms. The van der Waals surface area contributed by atoms with Crippen LogP contribution >= 0.6 is 0 Å². The molecule has 0 atom stereocenters. The van der Waals surface area contributed by atoms with Gasteiger partial charge in [0.05, 0.1) is 0 Å². The molecular weight excluding hydrogens is 246 g/mol. The molecule has 2 rings (SSSR count). The van der Waals surface area contributed by atoms with Crippen LogP contribution in [0.4, 0.5) is 5.69 Å². The average molecular weight is 267 g/mol. The number of carbonyl (C=O) groups is 1. The number of benzene rings is 2. The van der Waals surface area contributed by atoms with Crippen molar-refractivity contribution in [2.45, 2.75) is 19.8 Å². The van der Waals surface area contributed by atoms with Crippen LogP contribution in [0.1, 0.15) is 16.7 Å². The predicted molar refractivity (Wildman–Crippen MR) is 84.4 cm³/mol. The molecule has 0 aliphatic rings. The van der Waals surface area contributed by atoms with Crippen molar-refractivity contribution in [2.75, 3.05) is 19.0 Å². The summed E-state index contributed by atoms with van der Waals surface area (Å²) in [6, 6.07) is 16.3. The van der Waals surface area contributed by atoms with E-state index < -0.39 is 0 Å². The summed E-state index contributed by atoms with van der Waals surface area (Å²) in [6.07, 6.45) is 1.01. The molecule has 0 radical (unpaired) electrons. The number of hydrogen-bond acceptors (Lipinski definition) is 2. The summed E-state index contributed by atoms with van der Waals surface area (Å²) in [7, 11) is 4.02. The molecule has 2 aromatic carbocycles. The first kappa shape index (κ1) is 14.3. The van der Waals surface area contributed by atoms with E-state index in [0.717, 1.165) is 16.8 Å². The number of nitrogens with zero attached hydrogens (tertiary/aromatic N) is 1. The third kappa shape index (κ3) is 3.95. The first-order chi connectivity index (χ1) is 9.54. The molecule has 0 aromatic heterocycles. The summed E-state index contributed by atoms with van der Waals surface area (Å²) < 4.78 is 0. The molecule has 0 saturated heterocycles. The van der Waals surface area contributed by atoms with Gasteiger partial charge in [0.2, 0.25) is 0 Å². The fraction of sp³-hybridized carbons (Fsp3) is 0.278. The molecular formula is C18H21NO. The van der Waals surface area contributed by atoms with E-state index in [1.807, 2.05) is 38.4 Å². The fourth-order valence-corrected chi connectivity index (χ4v) is 2.14. The topological polar surface area (TPSA) is 20.3 Å². The second-order valence-corrected chi connectivity index (χ2v) is 5.44. The summed E-state index contributed by atoms with van der Waals surface area (Å²) in [4.78, 5) is 14.1. The van der Waals surface area contributed by atoms with Gasteiger partial charge < -0.3 is 4.90 Å². The van der Waals surface area contributed by atoms with E-state index in [9.17, 15) is 4.79 Å². The Balaban J connectivity index is 1.95. The van der Waals surface area contributed by atoms with Crippen LogP contribution < -0.4 is 4.90 Å². The van der Waals surface area contributed by atoms with Gasteiger partial charge in [-0.2, -0.15) is 0 Å². The van der Waals surface area contributed by atoms with Gasteiger partial charge in [-0.3, -0.25) is 4.79 Å². The minimum Gasteiger partial charge on any atom is -0.378 e. The van der Waals surface area contributed by atoms with E-state index in [4.69, 9.17) is 0 Å². The smallest absolute Gasteiger partial charge is 0.141 e. The van der Waals surface area contributed by atoms with Gasteiger partial charge in [-0.1, -0.05) is 42.0 Å². The van der Waals surface area contributed by atoms with Crippen molar-refractivity contribution in [3.05, 3.63) is 65.2 Å². The third-order valence-corrected chi connectivity index (χ3v) is 3.38. The lowest BCUT2D eigenvalue weighted by atomic mass is 10.0. The largest absolute Gasteiger partial charge is 0.378 e. The molecule has 0 amide bonds. The average Bonchev–Trinajstić information content (AvgIpc) is 2.42. The van der Waals surface area contributed by atoms with Crippen LogP contribution in [0.3, 0.4) is 0 Å². The minimum atomic E-state index is 0.256. The van der Waals surface area contributed by atoms with Crippen LogP contribution in [0, 0.1) is 6.92 Å². The molecule has 0 aliphatic carbocycles. The molecule has 20 heavy (non-hydrogen) atoms. The maximum absolute atomic E-state index is 12.1. The molecule has 0 fully saturated rings. The number of hydrogen-bond donors (Lipinski definition) is 0. The second kappa shape index (κ2) is 6.38. The zero-order valence-corrected chi connectivity index (χ0v) is 12.4. The Labute approximate surface area is 121 Å². The van der Waals surface area contributed by atoms with Gasteiger partial charge in [0.25, 0.3) is 0 Å². The van der Waals surface area contributed by atoms with Gasteiger partial charge in [-0.25, -0.2) is 0 Å². The number of aryl methyl sites for hydroxylation is 1. The maximum atomic E-state index is 12.1. The molecule has 0 N–H and O–H groups in total. The number of ketones is 1. The molecule has 0 heterocycles. The lowest BCUT2D eigenvalue weighted by Crippen LogP contribution is -2.09. The van der Waals surface area contributed by atoms with Crippen LogP contribution in [-0.4, -0.2) is 19.9 Å². The standard InChI is InChI=1S/C18H21NO/c1-14-4-6-15(7-5-14)12-18(20)13-16-8-10-17(11-9-16)19(2)3/h4-11H,12-13H2,1-3H3. The highest BCUT2D eigenvalue weighted by molar-refractivity contribution is 5.83. The second-order valence-electron chi connectivity index (χ2n) is 5.44.